The van der Waals surface area contributed by atoms with E-state index in [1.807, 2.05) is 30.3 Å². The average molecular weight is 415 g/mol. The number of rotatable bonds is 3. The third-order valence-electron chi connectivity index (χ3n) is 4.51. The van der Waals surface area contributed by atoms with Gasteiger partial charge in [0.05, 0.1) is 18.6 Å². The van der Waals surface area contributed by atoms with Gasteiger partial charge in [0.2, 0.25) is 0 Å². The van der Waals surface area contributed by atoms with Crippen molar-refractivity contribution in [2.75, 3.05) is 12.5 Å². The quantitative estimate of drug-likeness (QED) is 0.394. The molecule has 0 aromatic heterocycles. The largest absolute Gasteiger partial charge is 0.508 e. The third kappa shape index (κ3) is 7.68. The molecule has 0 saturated carbocycles. The van der Waals surface area contributed by atoms with E-state index >= 15 is 0 Å². The molecular weight excluding hydrogens is 388 g/mol. The fourth-order valence-electron chi connectivity index (χ4n) is 2.51. The highest BCUT2D eigenvalue weighted by molar-refractivity contribution is 6.18. The van der Waals surface area contributed by atoms with E-state index in [0.29, 0.717) is 17.7 Å². The Kier molecular flexibility index (Phi) is 8.37. The molecule has 0 amide bonds. The minimum absolute atomic E-state index is 0.151. The van der Waals surface area contributed by atoms with Crippen molar-refractivity contribution in [1.82, 2.24) is 0 Å². The molecule has 3 aromatic carbocycles. The summed E-state index contributed by atoms with van der Waals surface area (Å²) in [6.07, 6.45) is 0.400. The zero-order valence-corrected chi connectivity index (χ0v) is 17.4. The van der Waals surface area contributed by atoms with Crippen LogP contribution in [0.1, 0.15) is 25.0 Å². The van der Waals surface area contributed by atoms with Crippen molar-refractivity contribution in [1.29, 1.82) is 0 Å². The summed E-state index contributed by atoms with van der Waals surface area (Å²) in [4.78, 5) is 0. The second kappa shape index (κ2) is 10.7. The maximum atomic E-state index is 9.30. The predicted molar refractivity (Wildman–Crippen MR) is 117 cm³/mol. The first-order valence-corrected chi connectivity index (χ1v) is 9.87. The van der Waals surface area contributed by atoms with E-state index in [1.54, 1.807) is 48.5 Å². The lowest BCUT2D eigenvalue weighted by Gasteiger charge is -2.26. The standard InChI is InChI=1S/C15H16O2.C6H6O.C3H5ClO/c1-15(2,11-3-7-13(16)8-4-11)12-5-9-14(17)10-6-12;7-6-4-2-1-3-5-6;4-1-3-2-5-3/h3-10,16-17H,1-2H3;1-5,7H;3H,1-2H2. The van der Waals surface area contributed by atoms with Gasteiger partial charge in [-0.15, -0.1) is 11.6 Å². The molecule has 29 heavy (non-hydrogen) atoms. The van der Waals surface area contributed by atoms with Crippen LogP contribution in [0.2, 0.25) is 0 Å². The van der Waals surface area contributed by atoms with Crippen molar-refractivity contribution in [2.24, 2.45) is 0 Å². The molecule has 4 rings (SSSR count). The zero-order valence-electron chi connectivity index (χ0n) is 16.6. The number of halogens is 1. The molecule has 1 atom stereocenters. The highest BCUT2D eigenvalue weighted by Gasteiger charge is 2.22. The molecule has 1 unspecified atom stereocenters. The monoisotopic (exact) mass is 414 g/mol. The van der Waals surface area contributed by atoms with Crippen molar-refractivity contribution < 1.29 is 20.1 Å². The molecule has 3 N–H and O–H groups in total. The van der Waals surface area contributed by atoms with Gasteiger partial charge in [0.1, 0.15) is 17.2 Å². The van der Waals surface area contributed by atoms with Gasteiger partial charge in [-0.05, 0) is 47.5 Å². The molecule has 1 aliphatic heterocycles. The molecule has 1 aliphatic rings. The van der Waals surface area contributed by atoms with E-state index in [0.717, 1.165) is 17.7 Å². The van der Waals surface area contributed by atoms with Crippen LogP contribution in [-0.2, 0) is 10.2 Å². The van der Waals surface area contributed by atoms with E-state index in [-0.39, 0.29) is 16.9 Å². The lowest BCUT2D eigenvalue weighted by molar-refractivity contribution is 0.425. The summed E-state index contributed by atoms with van der Waals surface area (Å²) in [5.74, 6) is 1.54. The van der Waals surface area contributed by atoms with Crippen molar-refractivity contribution in [3.05, 3.63) is 90.0 Å². The van der Waals surface area contributed by atoms with Crippen LogP contribution in [0.15, 0.2) is 78.9 Å². The van der Waals surface area contributed by atoms with Gasteiger partial charge in [0, 0.05) is 5.41 Å². The number of aromatic hydroxyl groups is 3. The molecule has 0 aliphatic carbocycles. The minimum atomic E-state index is -0.151. The summed E-state index contributed by atoms with van der Waals surface area (Å²) >= 11 is 5.27. The van der Waals surface area contributed by atoms with Crippen molar-refractivity contribution in [3.8, 4) is 17.2 Å². The lowest BCUT2D eigenvalue weighted by atomic mass is 9.78. The Bertz CT molecular complexity index is 795. The number of alkyl halides is 1. The Morgan fingerprint density at radius 3 is 1.38 bits per heavy atom. The molecule has 1 fully saturated rings. The highest BCUT2D eigenvalue weighted by Crippen LogP contribution is 2.32. The first kappa shape index (κ1) is 22.6. The lowest BCUT2D eigenvalue weighted by Crippen LogP contribution is -2.18. The van der Waals surface area contributed by atoms with Crippen LogP contribution in [0.3, 0.4) is 0 Å². The van der Waals surface area contributed by atoms with Crippen molar-refractivity contribution in [2.45, 2.75) is 25.4 Å². The van der Waals surface area contributed by atoms with Gasteiger partial charge < -0.3 is 20.1 Å². The molecule has 1 heterocycles. The third-order valence-corrected chi connectivity index (χ3v) is 4.85. The van der Waals surface area contributed by atoms with Crippen LogP contribution in [0.4, 0.5) is 0 Å². The molecule has 0 bridgehead atoms. The molecule has 4 nitrogen and oxygen atoms in total. The van der Waals surface area contributed by atoms with Crippen LogP contribution in [0.25, 0.3) is 0 Å². The van der Waals surface area contributed by atoms with Crippen LogP contribution in [-0.4, -0.2) is 33.9 Å². The van der Waals surface area contributed by atoms with E-state index in [9.17, 15) is 10.2 Å². The maximum Gasteiger partial charge on any atom is 0.115 e. The maximum absolute atomic E-state index is 9.30. The van der Waals surface area contributed by atoms with Gasteiger partial charge in [0.15, 0.2) is 0 Å². The Morgan fingerprint density at radius 1 is 0.759 bits per heavy atom. The zero-order chi connectivity index (χ0) is 21.3. The summed E-state index contributed by atoms with van der Waals surface area (Å²) in [6.45, 7) is 5.11. The number of ether oxygens (including phenoxy) is 1. The van der Waals surface area contributed by atoms with Crippen LogP contribution >= 0.6 is 11.6 Å². The number of phenolic OH excluding ortho intramolecular Hbond substituents is 3. The van der Waals surface area contributed by atoms with Gasteiger partial charge in [0.25, 0.3) is 0 Å². The molecule has 1 saturated heterocycles. The van der Waals surface area contributed by atoms with Crippen LogP contribution in [0.5, 0.6) is 17.2 Å². The summed E-state index contributed by atoms with van der Waals surface area (Å²) in [5, 5.41) is 27.2. The normalized spacial score (nSPS) is 14.7. The van der Waals surface area contributed by atoms with Gasteiger partial charge in [-0.2, -0.15) is 0 Å². The number of epoxide rings is 1. The minimum Gasteiger partial charge on any atom is -0.508 e. The molecule has 0 spiro atoms. The fourth-order valence-corrected chi connectivity index (χ4v) is 2.69. The summed E-state index contributed by atoms with van der Waals surface area (Å²) < 4.78 is 4.73. The number of phenols is 3. The van der Waals surface area contributed by atoms with Crippen LogP contribution < -0.4 is 0 Å². The second-order valence-corrected chi connectivity index (χ2v) is 7.47. The molecule has 5 heteroatoms. The van der Waals surface area contributed by atoms with Gasteiger partial charge in [-0.1, -0.05) is 56.3 Å². The van der Waals surface area contributed by atoms with Gasteiger partial charge >= 0.3 is 0 Å². The summed E-state index contributed by atoms with van der Waals surface area (Å²) in [6, 6.07) is 23.2. The smallest absolute Gasteiger partial charge is 0.115 e. The first-order chi connectivity index (χ1) is 13.8. The predicted octanol–water partition coefficient (Wildman–Crippen LogP) is 5.44. The Hall–Kier alpha value is -2.69. The van der Waals surface area contributed by atoms with E-state index < -0.39 is 0 Å². The fraction of sp³-hybridized carbons (Fsp3) is 0.250. The number of para-hydroxylation sites is 1. The number of hydrogen-bond donors (Lipinski definition) is 3. The topological polar surface area (TPSA) is 73.2 Å². The van der Waals surface area contributed by atoms with Gasteiger partial charge in [-0.25, -0.2) is 0 Å². The first-order valence-electron chi connectivity index (χ1n) is 9.33. The van der Waals surface area contributed by atoms with E-state index in [2.05, 4.69) is 13.8 Å². The second-order valence-electron chi connectivity index (χ2n) is 7.16. The number of hydrogen-bond acceptors (Lipinski definition) is 4. The van der Waals surface area contributed by atoms with Crippen molar-refractivity contribution in [3.63, 3.8) is 0 Å². The number of benzene rings is 3. The van der Waals surface area contributed by atoms with E-state index in [1.165, 1.54) is 0 Å². The molecule has 3 aromatic rings. The Morgan fingerprint density at radius 2 is 1.14 bits per heavy atom. The summed E-state index contributed by atoms with van der Waals surface area (Å²) in [5.41, 5.74) is 2.10. The molecule has 154 valence electrons. The Balaban J connectivity index is 0.000000203. The highest BCUT2D eigenvalue weighted by atomic mass is 35.5. The van der Waals surface area contributed by atoms with Crippen LogP contribution in [0, 0.1) is 0 Å². The summed E-state index contributed by atoms with van der Waals surface area (Å²) in [7, 11) is 0. The van der Waals surface area contributed by atoms with Gasteiger partial charge in [-0.3, -0.25) is 0 Å². The molecule has 0 radical (unpaired) electrons. The van der Waals surface area contributed by atoms with Crippen molar-refractivity contribution >= 4 is 11.6 Å². The average Bonchev–Trinajstić information content (AvgIpc) is 3.55. The van der Waals surface area contributed by atoms with E-state index in [4.69, 9.17) is 21.4 Å². The Labute approximate surface area is 177 Å². The SMILES string of the molecule is CC(C)(c1ccc(O)cc1)c1ccc(O)cc1.ClCC1CO1.Oc1ccccc1. The molecular formula is C24H27ClO4.